The van der Waals surface area contributed by atoms with Gasteiger partial charge in [-0.25, -0.2) is 0 Å². The molecule has 1 amide bonds. The van der Waals surface area contributed by atoms with Gasteiger partial charge in [-0.05, 0) is 55.7 Å². The third kappa shape index (κ3) is 4.67. The van der Waals surface area contributed by atoms with E-state index in [1.54, 1.807) is 11.8 Å². The molecule has 2 aromatic carbocycles. The van der Waals surface area contributed by atoms with Crippen LogP contribution in [0.25, 0.3) is 11.1 Å². The van der Waals surface area contributed by atoms with E-state index in [1.807, 2.05) is 24.3 Å². The number of thioether (sulfide) groups is 1. The lowest BCUT2D eigenvalue weighted by Gasteiger charge is -2.37. The molecule has 3 rings (SSSR count). The van der Waals surface area contributed by atoms with Crippen molar-refractivity contribution in [3.63, 3.8) is 0 Å². The fourth-order valence-corrected chi connectivity index (χ4v) is 3.64. The van der Waals surface area contributed by atoms with Crippen LogP contribution in [0.2, 0.25) is 0 Å². The summed E-state index contributed by atoms with van der Waals surface area (Å²) in [6.45, 7) is 3.79. The molecule has 4 nitrogen and oxygen atoms in total. The summed E-state index contributed by atoms with van der Waals surface area (Å²) in [5, 5.41) is 3.08. The molecule has 0 unspecified atom stereocenters. The van der Waals surface area contributed by atoms with Gasteiger partial charge in [0.1, 0.15) is 0 Å². The number of rotatable bonds is 5. The molecule has 0 bridgehead atoms. The molecule has 0 saturated carbocycles. The Morgan fingerprint density at radius 1 is 1.04 bits per heavy atom. The molecule has 0 aliphatic carbocycles. The summed E-state index contributed by atoms with van der Waals surface area (Å²) in [5.41, 5.74) is 3.01. The van der Waals surface area contributed by atoms with Crippen LogP contribution in [0.15, 0.2) is 53.4 Å². The van der Waals surface area contributed by atoms with Gasteiger partial charge in [0.05, 0.1) is 0 Å². The molecule has 2 aromatic rings. The number of hydrogen-bond donors (Lipinski definition) is 1. The molecule has 0 spiro atoms. The molecule has 0 radical (unpaired) electrons. The van der Waals surface area contributed by atoms with Gasteiger partial charge in [-0.1, -0.05) is 24.3 Å². The first-order chi connectivity index (χ1) is 12.6. The Balaban J connectivity index is 1.59. The summed E-state index contributed by atoms with van der Waals surface area (Å²) >= 11 is 1.74. The molecule has 1 fully saturated rings. The molecule has 1 aliphatic rings. The van der Waals surface area contributed by atoms with E-state index < -0.39 is 0 Å². The van der Waals surface area contributed by atoms with Crippen molar-refractivity contribution in [2.75, 3.05) is 46.5 Å². The molecule has 5 heteroatoms. The molecule has 0 aromatic heterocycles. The van der Waals surface area contributed by atoms with Gasteiger partial charge in [-0.15, -0.1) is 11.8 Å². The SMILES string of the molecule is CSc1ccc(-c2ccc(C(=O)NC[C@@H]3CN(C)CCN3C)cc2)cc1. The molecule has 26 heavy (non-hydrogen) atoms. The van der Waals surface area contributed by atoms with Crippen LogP contribution in [0.1, 0.15) is 10.4 Å². The average Bonchev–Trinajstić information content (AvgIpc) is 2.68. The second-order valence-electron chi connectivity index (χ2n) is 6.91. The highest BCUT2D eigenvalue weighted by Gasteiger charge is 2.22. The summed E-state index contributed by atoms with van der Waals surface area (Å²) in [6.07, 6.45) is 2.07. The van der Waals surface area contributed by atoms with E-state index in [0.29, 0.717) is 18.2 Å². The zero-order chi connectivity index (χ0) is 18.5. The maximum Gasteiger partial charge on any atom is 0.251 e. The Hall–Kier alpha value is -1.82. The minimum Gasteiger partial charge on any atom is -0.350 e. The van der Waals surface area contributed by atoms with Gasteiger partial charge in [0.25, 0.3) is 5.91 Å². The Morgan fingerprint density at radius 3 is 2.27 bits per heavy atom. The van der Waals surface area contributed by atoms with Gasteiger partial charge in [0.15, 0.2) is 0 Å². The third-order valence-electron chi connectivity index (χ3n) is 5.05. The van der Waals surface area contributed by atoms with E-state index >= 15 is 0 Å². The van der Waals surface area contributed by atoms with Gasteiger partial charge in [-0.2, -0.15) is 0 Å². The van der Waals surface area contributed by atoms with Crippen LogP contribution in [0, 0.1) is 0 Å². The molecular formula is C21H27N3OS. The third-order valence-corrected chi connectivity index (χ3v) is 5.79. The van der Waals surface area contributed by atoms with Crippen molar-refractivity contribution in [1.82, 2.24) is 15.1 Å². The molecule has 1 aliphatic heterocycles. The van der Waals surface area contributed by atoms with E-state index in [-0.39, 0.29) is 5.91 Å². The van der Waals surface area contributed by atoms with Crippen LogP contribution in [0.5, 0.6) is 0 Å². The van der Waals surface area contributed by atoms with Crippen LogP contribution < -0.4 is 5.32 Å². The highest BCUT2D eigenvalue weighted by molar-refractivity contribution is 7.98. The fraction of sp³-hybridized carbons (Fsp3) is 0.381. The first-order valence-corrected chi connectivity index (χ1v) is 10.2. The second-order valence-corrected chi connectivity index (χ2v) is 7.79. The van der Waals surface area contributed by atoms with Crippen molar-refractivity contribution >= 4 is 17.7 Å². The summed E-state index contributed by atoms with van der Waals surface area (Å²) < 4.78 is 0. The largest absolute Gasteiger partial charge is 0.350 e. The first kappa shape index (κ1) is 19.0. The topological polar surface area (TPSA) is 35.6 Å². The lowest BCUT2D eigenvalue weighted by atomic mass is 10.0. The number of nitrogens with one attached hydrogen (secondary N) is 1. The number of carbonyl (C=O) groups is 1. The minimum absolute atomic E-state index is 0.00379. The number of carbonyl (C=O) groups excluding carboxylic acids is 1. The zero-order valence-electron chi connectivity index (χ0n) is 15.7. The molecule has 1 heterocycles. The predicted octanol–water partition coefficient (Wildman–Crippen LogP) is 3.05. The van der Waals surface area contributed by atoms with Gasteiger partial charge in [-0.3, -0.25) is 9.69 Å². The molecule has 1 N–H and O–H groups in total. The summed E-state index contributed by atoms with van der Waals surface area (Å²) in [4.78, 5) is 18.3. The number of hydrogen-bond acceptors (Lipinski definition) is 4. The van der Waals surface area contributed by atoms with Gasteiger partial charge >= 0.3 is 0 Å². The smallest absolute Gasteiger partial charge is 0.251 e. The average molecular weight is 370 g/mol. The Morgan fingerprint density at radius 2 is 1.65 bits per heavy atom. The maximum absolute atomic E-state index is 12.5. The number of benzene rings is 2. The first-order valence-electron chi connectivity index (χ1n) is 8.98. The number of amides is 1. The quantitative estimate of drug-likeness (QED) is 0.822. The van der Waals surface area contributed by atoms with Crippen molar-refractivity contribution in [1.29, 1.82) is 0 Å². The summed E-state index contributed by atoms with van der Waals surface area (Å²) in [5.74, 6) is -0.00379. The number of likely N-dealkylation sites (N-methyl/N-ethyl adjacent to an activating group) is 2. The van der Waals surface area contributed by atoms with E-state index in [1.165, 1.54) is 10.5 Å². The van der Waals surface area contributed by atoms with Crippen LogP contribution >= 0.6 is 11.8 Å². The second kappa shape index (κ2) is 8.71. The Kier molecular flexibility index (Phi) is 6.35. The lowest BCUT2D eigenvalue weighted by molar-refractivity contribution is 0.0881. The van der Waals surface area contributed by atoms with Crippen LogP contribution in [-0.4, -0.2) is 68.3 Å². The summed E-state index contributed by atoms with van der Waals surface area (Å²) in [7, 11) is 4.26. The van der Waals surface area contributed by atoms with Gasteiger partial charge in [0.2, 0.25) is 0 Å². The van der Waals surface area contributed by atoms with Crippen molar-refractivity contribution < 1.29 is 4.79 Å². The number of nitrogens with zero attached hydrogens (tertiary/aromatic N) is 2. The van der Waals surface area contributed by atoms with Crippen LogP contribution in [0.3, 0.4) is 0 Å². The van der Waals surface area contributed by atoms with E-state index in [0.717, 1.165) is 25.2 Å². The standard InChI is InChI=1S/C21H27N3OS/c1-23-12-13-24(2)19(15-23)14-22-21(25)18-6-4-16(5-7-18)17-8-10-20(26-3)11-9-17/h4-11,19H,12-15H2,1-3H3,(H,22,25)/t19-/m1/s1. The monoisotopic (exact) mass is 369 g/mol. The fourth-order valence-electron chi connectivity index (χ4n) is 3.23. The van der Waals surface area contributed by atoms with Crippen molar-refractivity contribution in [3.05, 3.63) is 54.1 Å². The van der Waals surface area contributed by atoms with Crippen molar-refractivity contribution in [2.24, 2.45) is 0 Å². The van der Waals surface area contributed by atoms with Crippen LogP contribution in [0.4, 0.5) is 0 Å². The molecule has 1 atom stereocenters. The summed E-state index contributed by atoms with van der Waals surface area (Å²) in [6, 6.07) is 16.7. The maximum atomic E-state index is 12.5. The highest BCUT2D eigenvalue weighted by atomic mass is 32.2. The van der Waals surface area contributed by atoms with E-state index in [9.17, 15) is 4.79 Å². The predicted molar refractivity (Wildman–Crippen MR) is 110 cm³/mol. The lowest BCUT2D eigenvalue weighted by Crippen LogP contribution is -2.54. The van der Waals surface area contributed by atoms with Gasteiger partial charge in [0, 0.05) is 42.7 Å². The van der Waals surface area contributed by atoms with Crippen molar-refractivity contribution in [3.8, 4) is 11.1 Å². The van der Waals surface area contributed by atoms with Crippen LogP contribution in [-0.2, 0) is 0 Å². The molecule has 138 valence electrons. The zero-order valence-corrected chi connectivity index (χ0v) is 16.6. The minimum atomic E-state index is -0.00379. The Bertz CT molecular complexity index is 730. The number of piperazine rings is 1. The molecule has 1 saturated heterocycles. The van der Waals surface area contributed by atoms with E-state index in [2.05, 4.69) is 59.7 Å². The molecular weight excluding hydrogens is 342 g/mol. The van der Waals surface area contributed by atoms with Gasteiger partial charge < -0.3 is 10.2 Å². The normalized spacial score (nSPS) is 18.7. The van der Waals surface area contributed by atoms with E-state index in [4.69, 9.17) is 0 Å². The highest BCUT2D eigenvalue weighted by Crippen LogP contribution is 2.23. The van der Waals surface area contributed by atoms with Crippen molar-refractivity contribution in [2.45, 2.75) is 10.9 Å². The Labute approximate surface area is 160 Å².